The molecule has 0 bridgehead atoms. The molecule has 2 rings (SSSR count). The van der Waals surface area contributed by atoms with Crippen molar-refractivity contribution in [2.45, 2.75) is 19.9 Å². The van der Waals surface area contributed by atoms with Gasteiger partial charge in [0.2, 0.25) is 0 Å². The minimum atomic E-state index is 0.667. The van der Waals surface area contributed by atoms with Crippen molar-refractivity contribution in [2.75, 3.05) is 5.32 Å². The fourth-order valence-corrected chi connectivity index (χ4v) is 1.72. The van der Waals surface area contributed by atoms with E-state index in [2.05, 4.69) is 22.2 Å². The van der Waals surface area contributed by atoms with Crippen LogP contribution >= 0.6 is 11.6 Å². The number of hydrogen-bond acceptors (Lipinski definition) is 3. The molecule has 0 fully saturated rings. The third kappa shape index (κ3) is 3.17. The highest BCUT2D eigenvalue weighted by Gasteiger charge is 2.00. The molecule has 1 N–H and O–H groups in total. The molecule has 0 unspecified atom stereocenters. The van der Waals surface area contributed by atoms with Crippen LogP contribution in [0.25, 0.3) is 0 Å². The van der Waals surface area contributed by atoms with E-state index in [1.807, 2.05) is 30.3 Å². The summed E-state index contributed by atoms with van der Waals surface area (Å²) >= 11 is 6.08. The summed E-state index contributed by atoms with van der Waals surface area (Å²) in [4.78, 5) is 8.32. The normalized spacial score (nSPS) is 10.2. The Hall–Kier alpha value is -1.61. The molecule has 17 heavy (non-hydrogen) atoms. The van der Waals surface area contributed by atoms with Gasteiger partial charge in [-0.3, -0.25) is 0 Å². The Morgan fingerprint density at radius 2 is 2.06 bits per heavy atom. The molecule has 0 spiro atoms. The topological polar surface area (TPSA) is 37.8 Å². The van der Waals surface area contributed by atoms with Gasteiger partial charge in [0.25, 0.3) is 0 Å². The van der Waals surface area contributed by atoms with E-state index >= 15 is 0 Å². The highest BCUT2D eigenvalue weighted by Crippen LogP contribution is 2.16. The summed E-state index contributed by atoms with van der Waals surface area (Å²) < 4.78 is 0. The molecule has 3 nitrogen and oxygen atoms in total. The van der Waals surface area contributed by atoms with E-state index in [1.54, 1.807) is 6.33 Å². The molecule has 0 radical (unpaired) electrons. The van der Waals surface area contributed by atoms with Crippen molar-refractivity contribution < 1.29 is 0 Å². The van der Waals surface area contributed by atoms with Crippen molar-refractivity contribution in [1.82, 2.24) is 9.97 Å². The lowest BCUT2D eigenvalue weighted by Crippen LogP contribution is -2.03. The first-order valence-corrected chi connectivity index (χ1v) is 5.95. The Bertz CT molecular complexity index is 500. The molecule has 0 aliphatic rings. The molecule has 0 atom stereocenters. The van der Waals surface area contributed by atoms with Gasteiger partial charge in [0.05, 0.1) is 0 Å². The van der Waals surface area contributed by atoms with E-state index < -0.39 is 0 Å². The molecule has 0 amide bonds. The maximum atomic E-state index is 6.08. The average molecular weight is 248 g/mol. The van der Waals surface area contributed by atoms with E-state index in [0.29, 0.717) is 6.54 Å². The lowest BCUT2D eigenvalue weighted by Gasteiger charge is -2.07. The van der Waals surface area contributed by atoms with Crippen LogP contribution in [-0.4, -0.2) is 9.97 Å². The third-order valence-corrected chi connectivity index (χ3v) is 2.87. The minimum absolute atomic E-state index is 0.667. The third-order valence-electron chi connectivity index (χ3n) is 2.50. The van der Waals surface area contributed by atoms with Gasteiger partial charge < -0.3 is 5.32 Å². The maximum absolute atomic E-state index is 6.08. The summed E-state index contributed by atoms with van der Waals surface area (Å²) in [5.41, 5.74) is 2.09. The number of nitrogens with one attached hydrogen (secondary N) is 1. The van der Waals surface area contributed by atoms with Crippen LogP contribution in [0.15, 0.2) is 36.7 Å². The second-order valence-electron chi connectivity index (χ2n) is 3.69. The van der Waals surface area contributed by atoms with Crippen LogP contribution in [0.5, 0.6) is 0 Å². The lowest BCUT2D eigenvalue weighted by atomic mass is 10.2. The number of aromatic nitrogens is 2. The molecule has 0 aliphatic carbocycles. The molecule has 2 aromatic rings. The van der Waals surface area contributed by atoms with E-state index in [0.717, 1.165) is 28.5 Å². The predicted molar refractivity (Wildman–Crippen MR) is 70.2 cm³/mol. The van der Waals surface area contributed by atoms with Gasteiger partial charge in [0.1, 0.15) is 12.1 Å². The van der Waals surface area contributed by atoms with Gasteiger partial charge >= 0.3 is 0 Å². The zero-order valence-corrected chi connectivity index (χ0v) is 10.4. The number of anilines is 1. The zero-order valence-electron chi connectivity index (χ0n) is 9.65. The Balaban J connectivity index is 2.05. The summed E-state index contributed by atoms with van der Waals surface area (Å²) in [5, 5.41) is 4.01. The van der Waals surface area contributed by atoms with Crippen molar-refractivity contribution in [3.8, 4) is 0 Å². The van der Waals surface area contributed by atoms with Gasteiger partial charge in [-0.15, -0.1) is 0 Å². The second-order valence-corrected chi connectivity index (χ2v) is 4.10. The van der Waals surface area contributed by atoms with Gasteiger partial charge in [-0.05, 0) is 18.1 Å². The van der Waals surface area contributed by atoms with Crippen molar-refractivity contribution >= 4 is 17.4 Å². The molecule has 0 saturated heterocycles. The number of halogens is 1. The molecular weight excluding hydrogens is 234 g/mol. The van der Waals surface area contributed by atoms with Crippen molar-refractivity contribution in [3.05, 3.63) is 52.9 Å². The molecule has 1 heterocycles. The van der Waals surface area contributed by atoms with E-state index in [9.17, 15) is 0 Å². The Labute approximate surface area is 106 Å². The van der Waals surface area contributed by atoms with Gasteiger partial charge in [-0.1, -0.05) is 36.7 Å². The van der Waals surface area contributed by atoms with Gasteiger partial charge in [-0.2, -0.15) is 0 Å². The quantitative estimate of drug-likeness (QED) is 0.901. The molecule has 0 aliphatic heterocycles. The maximum Gasteiger partial charge on any atom is 0.129 e. The Morgan fingerprint density at radius 1 is 1.24 bits per heavy atom. The van der Waals surface area contributed by atoms with E-state index in [-0.39, 0.29) is 0 Å². The summed E-state index contributed by atoms with van der Waals surface area (Å²) in [6.07, 6.45) is 2.48. The second kappa shape index (κ2) is 5.64. The number of hydrogen-bond donors (Lipinski definition) is 1. The monoisotopic (exact) mass is 247 g/mol. The predicted octanol–water partition coefficient (Wildman–Crippen LogP) is 3.30. The molecule has 88 valence electrons. The molecule has 0 saturated carbocycles. The first-order valence-electron chi connectivity index (χ1n) is 5.58. The summed E-state index contributed by atoms with van der Waals surface area (Å²) in [5.74, 6) is 0.830. The van der Waals surface area contributed by atoms with Crippen LogP contribution in [0.4, 0.5) is 5.82 Å². The largest absolute Gasteiger partial charge is 0.366 e. The van der Waals surface area contributed by atoms with Crippen LogP contribution in [0, 0.1) is 0 Å². The fraction of sp³-hybridized carbons (Fsp3) is 0.231. The number of nitrogens with zero attached hydrogens (tertiary/aromatic N) is 2. The highest BCUT2D eigenvalue weighted by molar-refractivity contribution is 6.31. The lowest BCUT2D eigenvalue weighted by molar-refractivity contribution is 0.987. The van der Waals surface area contributed by atoms with E-state index in [1.165, 1.54) is 0 Å². The van der Waals surface area contributed by atoms with Gasteiger partial charge in [-0.25, -0.2) is 9.97 Å². The zero-order chi connectivity index (χ0) is 12.1. The molecule has 1 aromatic carbocycles. The summed E-state index contributed by atoms with van der Waals surface area (Å²) in [7, 11) is 0. The molecular formula is C13H14ClN3. The SMILES string of the molecule is CCc1cc(NCc2ccccc2Cl)ncn1. The van der Waals surface area contributed by atoms with E-state index in [4.69, 9.17) is 11.6 Å². The van der Waals surface area contributed by atoms with Crippen molar-refractivity contribution in [1.29, 1.82) is 0 Å². The fourth-order valence-electron chi connectivity index (χ4n) is 1.52. The van der Waals surface area contributed by atoms with Crippen molar-refractivity contribution in [3.63, 3.8) is 0 Å². The van der Waals surface area contributed by atoms with Crippen LogP contribution in [0.1, 0.15) is 18.2 Å². The van der Waals surface area contributed by atoms with Crippen LogP contribution in [0.2, 0.25) is 5.02 Å². The number of rotatable bonds is 4. The van der Waals surface area contributed by atoms with Crippen molar-refractivity contribution in [2.24, 2.45) is 0 Å². The first-order chi connectivity index (χ1) is 8.29. The van der Waals surface area contributed by atoms with Crippen LogP contribution < -0.4 is 5.32 Å². The number of aryl methyl sites for hydroxylation is 1. The molecule has 4 heteroatoms. The van der Waals surface area contributed by atoms with Crippen LogP contribution in [-0.2, 0) is 13.0 Å². The summed E-state index contributed by atoms with van der Waals surface area (Å²) in [6.45, 7) is 2.74. The standard InChI is InChI=1S/C13H14ClN3/c1-2-11-7-13(17-9-16-11)15-8-10-5-3-4-6-12(10)14/h3-7,9H,2,8H2,1H3,(H,15,16,17). The van der Waals surface area contributed by atoms with Crippen LogP contribution in [0.3, 0.4) is 0 Å². The smallest absolute Gasteiger partial charge is 0.129 e. The minimum Gasteiger partial charge on any atom is -0.366 e. The summed E-state index contributed by atoms with van der Waals surface area (Å²) in [6, 6.07) is 9.73. The Morgan fingerprint density at radius 3 is 2.82 bits per heavy atom. The first kappa shape index (κ1) is 11.9. The van der Waals surface area contributed by atoms with Gasteiger partial charge in [0.15, 0.2) is 0 Å². The average Bonchev–Trinajstić information content (AvgIpc) is 2.38. The number of benzene rings is 1. The van der Waals surface area contributed by atoms with Gasteiger partial charge in [0, 0.05) is 23.3 Å². The highest BCUT2D eigenvalue weighted by atomic mass is 35.5. The molecule has 1 aromatic heterocycles. The Kier molecular flexibility index (Phi) is 3.94.